The van der Waals surface area contributed by atoms with Crippen molar-refractivity contribution in [2.24, 2.45) is 0 Å². The van der Waals surface area contributed by atoms with Gasteiger partial charge < -0.3 is 10.0 Å². The van der Waals surface area contributed by atoms with E-state index in [1.165, 1.54) is 12.1 Å². The van der Waals surface area contributed by atoms with Gasteiger partial charge in [-0.05, 0) is 44.6 Å². The summed E-state index contributed by atoms with van der Waals surface area (Å²) in [5, 5.41) is 9.76. The third-order valence-corrected chi connectivity index (χ3v) is 2.19. The fourth-order valence-electron chi connectivity index (χ4n) is 1.34. The van der Waals surface area contributed by atoms with Crippen molar-refractivity contribution in [1.82, 2.24) is 4.90 Å². The molecule has 0 aliphatic heterocycles. The van der Waals surface area contributed by atoms with E-state index in [4.69, 9.17) is 0 Å². The zero-order valence-electron chi connectivity index (χ0n) is 9.15. The molecule has 1 rings (SSSR count). The van der Waals surface area contributed by atoms with Crippen molar-refractivity contribution in [1.29, 1.82) is 0 Å². The van der Waals surface area contributed by atoms with E-state index < -0.39 is 6.10 Å². The normalized spacial score (nSPS) is 13.1. The number of rotatable bonds is 5. The largest absolute Gasteiger partial charge is 0.388 e. The van der Waals surface area contributed by atoms with E-state index in [0.717, 1.165) is 12.0 Å². The Morgan fingerprint density at radius 2 is 1.93 bits per heavy atom. The number of halogens is 1. The molecule has 0 aromatic heterocycles. The average Bonchev–Trinajstić information content (AvgIpc) is 2.18. The van der Waals surface area contributed by atoms with Gasteiger partial charge in [-0.15, -0.1) is 0 Å². The van der Waals surface area contributed by atoms with Crippen molar-refractivity contribution in [3.05, 3.63) is 42.2 Å². The van der Waals surface area contributed by atoms with E-state index in [0.29, 0.717) is 6.42 Å². The van der Waals surface area contributed by atoms with Crippen molar-refractivity contribution in [2.75, 3.05) is 14.1 Å². The van der Waals surface area contributed by atoms with Gasteiger partial charge in [0.05, 0.1) is 6.10 Å². The SMILES string of the molecule is CN(C)[CH]CCC(O)c1ccc(F)cc1. The smallest absolute Gasteiger partial charge is 0.123 e. The lowest BCUT2D eigenvalue weighted by atomic mass is 10.0. The van der Waals surface area contributed by atoms with Crippen LogP contribution in [0.15, 0.2) is 24.3 Å². The summed E-state index contributed by atoms with van der Waals surface area (Å²) < 4.78 is 12.6. The van der Waals surface area contributed by atoms with Crippen LogP contribution in [0, 0.1) is 12.4 Å². The lowest BCUT2D eigenvalue weighted by Gasteiger charge is -2.13. The zero-order valence-corrected chi connectivity index (χ0v) is 9.15. The highest BCUT2D eigenvalue weighted by molar-refractivity contribution is 5.18. The standard InChI is InChI=1S/C12H17FNO/c1-14(2)9-3-4-12(15)10-5-7-11(13)8-6-10/h5-9,12,15H,3-4H2,1-2H3. The van der Waals surface area contributed by atoms with E-state index in [-0.39, 0.29) is 5.82 Å². The summed E-state index contributed by atoms with van der Waals surface area (Å²) in [6, 6.07) is 5.98. The van der Waals surface area contributed by atoms with Crippen LogP contribution in [0.5, 0.6) is 0 Å². The summed E-state index contributed by atoms with van der Waals surface area (Å²) in [5.74, 6) is -0.272. The topological polar surface area (TPSA) is 23.5 Å². The van der Waals surface area contributed by atoms with E-state index in [1.807, 2.05) is 25.5 Å². The lowest BCUT2D eigenvalue weighted by Crippen LogP contribution is -2.08. The monoisotopic (exact) mass is 210 g/mol. The number of nitrogens with zero attached hydrogens (tertiary/aromatic N) is 1. The third-order valence-electron chi connectivity index (χ3n) is 2.19. The maximum atomic E-state index is 12.6. The number of aliphatic hydroxyl groups is 1. The second-order valence-electron chi connectivity index (χ2n) is 3.79. The van der Waals surface area contributed by atoms with Crippen LogP contribution in [0.4, 0.5) is 4.39 Å². The fourth-order valence-corrected chi connectivity index (χ4v) is 1.34. The van der Waals surface area contributed by atoms with E-state index >= 15 is 0 Å². The first kappa shape index (κ1) is 12.1. The number of hydrogen-bond donors (Lipinski definition) is 1. The van der Waals surface area contributed by atoms with Crippen LogP contribution in [0.1, 0.15) is 24.5 Å². The highest BCUT2D eigenvalue weighted by atomic mass is 19.1. The first-order valence-electron chi connectivity index (χ1n) is 5.03. The van der Waals surface area contributed by atoms with Crippen LogP contribution in [0.25, 0.3) is 0 Å². The van der Waals surface area contributed by atoms with Crippen molar-refractivity contribution < 1.29 is 9.50 Å². The molecule has 0 amide bonds. The van der Waals surface area contributed by atoms with Gasteiger partial charge in [-0.25, -0.2) is 4.39 Å². The van der Waals surface area contributed by atoms with Gasteiger partial charge in [0.2, 0.25) is 0 Å². The highest BCUT2D eigenvalue weighted by Gasteiger charge is 2.07. The summed E-state index contributed by atoms with van der Waals surface area (Å²) in [4.78, 5) is 1.96. The molecule has 1 radical (unpaired) electrons. The number of hydrogen-bond acceptors (Lipinski definition) is 2. The van der Waals surface area contributed by atoms with Crippen LogP contribution in [-0.2, 0) is 0 Å². The van der Waals surface area contributed by atoms with Gasteiger partial charge in [-0.3, -0.25) is 0 Å². The summed E-state index contributed by atoms with van der Waals surface area (Å²) in [5.41, 5.74) is 0.767. The van der Waals surface area contributed by atoms with Crippen molar-refractivity contribution in [2.45, 2.75) is 18.9 Å². The van der Waals surface area contributed by atoms with Crippen molar-refractivity contribution in [3.63, 3.8) is 0 Å². The molecular formula is C12H17FNO. The molecule has 2 nitrogen and oxygen atoms in total. The molecule has 0 aliphatic rings. The summed E-state index contributed by atoms with van der Waals surface area (Å²) in [7, 11) is 3.90. The predicted molar refractivity (Wildman–Crippen MR) is 58.6 cm³/mol. The van der Waals surface area contributed by atoms with Gasteiger partial charge >= 0.3 is 0 Å². The molecule has 3 heteroatoms. The number of benzene rings is 1. The molecular weight excluding hydrogens is 193 g/mol. The van der Waals surface area contributed by atoms with E-state index in [9.17, 15) is 9.50 Å². The molecule has 15 heavy (non-hydrogen) atoms. The minimum Gasteiger partial charge on any atom is -0.388 e. The molecule has 0 saturated carbocycles. The maximum Gasteiger partial charge on any atom is 0.123 e. The van der Waals surface area contributed by atoms with Crippen LogP contribution in [0.2, 0.25) is 0 Å². The zero-order chi connectivity index (χ0) is 11.3. The lowest BCUT2D eigenvalue weighted by molar-refractivity contribution is 0.164. The second-order valence-corrected chi connectivity index (χ2v) is 3.79. The Labute approximate surface area is 90.3 Å². The van der Waals surface area contributed by atoms with Gasteiger partial charge in [0.25, 0.3) is 0 Å². The number of aliphatic hydroxyl groups excluding tert-OH is 1. The molecule has 0 bridgehead atoms. The molecule has 0 aliphatic carbocycles. The van der Waals surface area contributed by atoms with Crippen LogP contribution >= 0.6 is 0 Å². The van der Waals surface area contributed by atoms with E-state index in [2.05, 4.69) is 0 Å². The fraction of sp³-hybridized carbons (Fsp3) is 0.417. The van der Waals surface area contributed by atoms with Crippen molar-refractivity contribution in [3.8, 4) is 0 Å². The quantitative estimate of drug-likeness (QED) is 0.806. The van der Waals surface area contributed by atoms with Gasteiger partial charge in [-0.1, -0.05) is 12.1 Å². The van der Waals surface area contributed by atoms with Gasteiger partial charge in [0.1, 0.15) is 5.82 Å². The highest BCUT2D eigenvalue weighted by Crippen LogP contribution is 2.19. The van der Waals surface area contributed by atoms with Crippen LogP contribution < -0.4 is 0 Å². The molecule has 1 aromatic carbocycles. The molecule has 1 N–H and O–H groups in total. The third kappa shape index (κ3) is 4.40. The summed E-state index contributed by atoms with van der Waals surface area (Å²) in [6.45, 7) is 2.01. The molecule has 1 aromatic rings. The first-order valence-corrected chi connectivity index (χ1v) is 5.03. The van der Waals surface area contributed by atoms with Gasteiger partial charge in [0.15, 0.2) is 0 Å². The molecule has 0 heterocycles. The molecule has 0 spiro atoms. The minimum atomic E-state index is -0.512. The summed E-state index contributed by atoms with van der Waals surface area (Å²) in [6.07, 6.45) is 0.955. The molecule has 1 unspecified atom stereocenters. The van der Waals surface area contributed by atoms with Crippen molar-refractivity contribution >= 4 is 0 Å². The summed E-state index contributed by atoms with van der Waals surface area (Å²) >= 11 is 0. The molecule has 0 fully saturated rings. The first-order chi connectivity index (χ1) is 7.09. The average molecular weight is 210 g/mol. The Hall–Kier alpha value is -0.930. The molecule has 0 saturated heterocycles. The second kappa shape index (κ2) is 5.83. The van der Waals surface area contributed by atoms with E-state index in [1.54, 1.807) is 12.1 Å². The maximum absolute atomic E-state index is 12.6. The van der Waals surface area contributed by atoms with Crippen LogP contribution in [0.3, 0.4) is 0 Å². The van der Waals surface area contributed by atoms with Gasteiger partial charge in [0, 0.05) is 6.54 Å². The Kier molecular flexibility index (Phi) is 4.72. The Morgan fingerprint density at radius 3 is 2.47 bits per heavy atom. The predicted octanol–water partition coefficient (Wildman–Crippen LogP) is 2.36. The Bertz CT molecular complexity index is 284. The Morgan fingerprint density at radius 1 is 1.33 bits per heavy atom. The Balaban J connectivity index is 2.40. The molecule has 1 atom stereocenters. The minimum absolute atomic E-state index is 0.272. The molecule has 83 valence electrons. The van der Waals surface area contributed by atoms with Gasteiger partial charge in [-0.2, -0.15) is 0 Å². The van der Waals surface area contributed by atoms with Crippen LogP contribution in [-0.4, -0.2) is 24.1 Å².